The molecule has 4 aromatic rings. The van der Waals surface area contributed by atoms with Crippen LogP contribution in [0.15, 0.2) is 66.0 Å². The van der Waals surface area contributed by atoms with Crippen molar-refractivity contribution < 1.29 is 26.0 Å². The molecule has 2 aromatic carbocycles. The maximum atomic E-state index is 14.7. The van der Waals surface area contributed by atoms with E-state index in [-0.39, 0.29) is 23.4 Å². The number of aryl methyl sites for hydroxylation is 1. The predicted octanol–water partition coefficient (Wildman–Crippen LogP) is 5.93. The van der Waals surface area contributed by atoms with Gasteiger partial charge in [0.25, 0.3) is 10.0 Å². The molecule has 0 fully saturated rings. The van der Waals surface area contributed by atoms with Crippen molar-refractivity contribution in [1.29, 1.82) is 0 Å². The normalized spacial score (nSPS) is 12.1. The van der Waals surface area contributed by atoms with Gasteiger partial charge in [0.15, 0.2) is 0 Å². The van der Waals surface area contributed by atoms with Gasteiger partial charge < -0.3 is 5.32 Å². The molecule has 0 spiro atoms. The van der Waals surface area contributed by atoms with Crippen molar-refractivity contribution in [3.05, 3.63) is 78.0 Å². The van der Waals surface area contributed by atoms with Gasteiger partial charge >= 0.3 is 6.18 Å². The molecule has 0 saturated heterocycles. The highest BCUT2D eigenvalue weighted by molar-refractivity contribution is 7.92. The number of halogens is 4. The standard InChI is InChI=1S/C24H22F4N6O2S/c1-14(2)34-13-16(12-30-34)22-15(3)11-29-23(32-22)31-18-6-9-21(20(25)10-18)33-37(35,36)19-7-4-17(5-8-19)24(26,27)28/h4-14,33H,1-3H3,(H,29,31,32). The minimum Gasteiger partial charge on any atom is -0.324 e. The molecule has 0 saturated carbocycles. The van der Waals surface area contributed by atoms with Crippen molar-refractivity contribution in [2.45, 2.75) is 37.9 Å². The fourth-order valence-corrected chi connectivity index (χ4v) is 4.44. The van der Waals surface area contributed by atoms with Crippen LogP contribution in [0.1, 0.15) is 31.0 Å². The summed E-state index contributed by atoms with van der Waals surface area (Å²) in [6.45, 7) is 5.85. The molecule has 2 heterocycles. The summed E-state index contributed by atoms with van der Waals surface area (Å²) in [6, 6.07) is 6.69. The summed E-state index contributed by atoms with van der Waals surface area (Å²) in [6.07, 6.45) is 0.556. The Labute approximate surface area is 210 Å². The summed E-state index contributed by atoms with van der Waals surface area (Å²) >= 11 is 0. The molecule has 37 heavy (non-hydrogen) atoms. The lowest BCUT2D eigenvalue weighted by molar-refractivity contribution is -0.137. The van der Waals surface area contributed by atoms with Crippen LogP contribution in [-0.2, 0) is 16.2 Å². The summed E-state index contributed by atoms with van der Waals surface area (Å²) in [7, 11) is -4.33. The second kappa shape index (κ2) is 9.81. The molecule has 0 radical (unpaired) electrons. The fourth-order valence-electron chi connectivity index (χ4n) is 3.37. The number of alkyl halides is 3. The van der Waals surface area contributed by atoms with E-state index in [1.807, 2.05) is 31.7 Å². The van der Waals surface area contributed by atoms with E-state index in [0.29, 0.717) is 17.8 Å². The number of nitrogens with one attached hydrogen (secondary N) is 2. The third kappa shape index (κ3) is 5.88. The van der Waals surface area contributed by atoms with Gasteiger partial charge in [-0.1, -0.05) is 0 Å². The molecule has 0 atom stereocenters. The Hall–Kier alpha value is -4.00. The van der Waals surface area contributed by atoms with Crippen LogP contribution in [0.25, 0.3) is 11.3 Å². The lowest BCUT2D eigenvalue weighted by atomic mass is 10.1. The molecule has 0 unspecified atom stereocenters. The molecular formula is C24H22F4N6O2S. The average Bonchev–Trinajstić information content (AvgIpc) is 3.32. The van der Waals surface area contributed by atoms with Crippen molar-refractivity contribution in [3.63, 3.8) is 0 Å². The first kappa shape index (κ1) is 26.1. The summed E-state index contributed by atoms with van der Waals surface area (Å²) in [5.74, 6) is -0.721. The Bertz CT molecular complexity index is 1530. The lowest BCUT2D eigenvalue weighted by Crippen LogP contribution is -2.14. The highest BCUT2D eigenvalue weighted by Gasteiger charge is 2.30. The summed E-state index contributed by atoms with van der Waals surface area (Å²) in [4.78, 5) is 8.27. The first-order valence-corrected chi connectivity index (χ1v) is 12.5. The molecule has 0 aliphatic heterocycles. The molecule has 4 rings (SSSR count). The molecule has 0 aliphatic carbocycles. The molecule has 0 aliphatic rings. The van der Waals surface area contributed by atoms with E-state index in [1.54, 1.807) is 17.1 Å². The smallest absolute Gasteiger partial charge is 0.324 e. The number of benzene rings is 2. The van der Waals surface area contributed by atoms with Gasteiger partial charge in [-0.2, -0.15) is 18.3 Å². The zero-order valence-electron chi connectivity index (χ0n) is 19.9. The Morgan fingerprint density at radius 1 is 1.03 bits per heavy atom. The molecular weight excluding hydrogens is 512 g/mol. The predicted molar refractivity (Wildman–Crippen MR) is 130 cm³/mol. The molecule has 2 aromatic heterocycles. The lowest BCUT2D eigenvalue weighted by Gasteiger charge is -2.12. The molecule has 2 N–H and O–H groups in total. The SMILES string of the molecule is Cc1cnc(Nc2ccc(NS(=O)(=O)c3ccc(C(F)(F)F)cc3)c(F)c2)nc1-c1cnn(C(C)C)c1. The van der Waals surface area contributed by atoms with E-state index in [1.165, 1.54) is 12.1 Å². The van der Waals surface area contributed by atoms with Crippen molar-refractivity contribution in [2.24, 2.45) is 0 Å². The van der Waals surface area contributed by atoms with E-state index >= 15 is 0 Å². The van der Waals surface area contributed by atoms with E-state index in [4.69, 9.17) is 0 Å². The average molecular weight is 535 g/mol. The van der Waals surface area contributed by atoms with Crippen molar-refractivity contribution in [3.8, 4) is 11.3 Å². The van der Waals surface area contributed by atoms with E-state index in [9.17, 15) is 26.0 Å². The summed E-state index contributed by atoms with van der Waals surface area (Å²) < 4.78 is 81.9. The van der Waals surface area contributed by atoms with Gasteiger partial charge in [0, 0.05) is 29.7 Å². The minimum absolute atomic E-state index is 0.173. The summed E-state index contributed by atoms with van der Waals surface area (Å²) in [5, 5.41) is 7.19. The van der Waals surface area contributed by atoms with E-state index in [2.05, 4.69) is 20.4 Å². The second-order valence-electron chi connectivity index (χ2n) is 8.48. The van der Waals surface area contributed by atoms with Crippen LogP contribution in [0.2, 0.25) is 0 Å². The molecule has 0 bridgehead atoms. The van der Waals surface area contributed by atoms with Crippen molar-refractivity contribution in [2.75, 3.05) is 10.0 Å². The van der Waals surface area contributed by atoms with Crippen LogP contribution < -0.4 is 10.0 Å². The van der Waals surface area contributed by atoms with E-state index < -0.39 is 32.5 Å². The third-order valence-corrected chi connectivity index (χ3v) is 6.72. The molecule has 0 amide bonds. The van der Waals surface area contributed by atoms with Crippen LogP contribution in [-0.4, -0.2) is 28.2 Å². The Morgan fingerprint density at radius 3 is 2.32 bits per heavy atom. The van der Waals surface area contributed by atoms with Gasteiger partial charge in [0.05, 0.1) is 28.0 Å². The zero-order valence-corrected chi connectivity index (χ0v) is 20.7. The quantitative estimate of drug-likeness (QED) is 0.285. The van der Waals surface area contributed by atoms with Crippen LogP contribution in [0.5, 0.6) is 0 Å². The minimum atomic E-state index is -4.61. The van der Waals surface area contributed by atoms with E-state index in [0.717, 1.165) is 29.3 Å². The highest BCUT2D eigenvalue weighted by Crippen LogP contribution is 2.31. The number of sulfonamides is 1. The van der Waals surface area contributed by atoms with Gasteiger partial charge in [0.2, 0.25) is 5.95 Å². The van der Waals surface area contributed by atoms with Gasteiger partial charge in [-0.15, -0.1) is 0 Å². The Kier molecular flexibility index (Phi) is 6.91. The third-order valence-electron chi connectivity index (χ3n) is 5.34. The number of rotatable bonds is 7. The Morgan fingerprint density at radius 2 is 1.73 bits per heavy atom. The zero-order chi connectivity index (χ0) is 27.0. The topological polar surface area (TPSA) is 102 Å². The first-order chi connectivity index (χ1) is 17.3. The first-order valence-electron chi connectivity index (χ1n) is 11.0. The number of hydrogen-bond acceptors (Lipinski definition) is 6. The van der Waals surface area contributed by atoms with Crippen LogP contribution in [0.4, 0.5) is 34.9 Å². The van der Waals surface area contributed by atoms with Crippen molar-refractivity contribution >= 4 is 27.3 Å². The number of hydrogen-bond donors (Lipinski definition) is 2. The maximum absolute atomic E-state index is 14.7. The van der Waals surface area contributed by atoms with Crippen LogP contribution in [0, 0.1) is 12.7 Å². The Balaban J connectivity index is 1.52. The van der Waals surface area contributed by atoms with Gasteiger partial charge in [-0.25, -0.2) is 22.8 Å². The van der Waals surface area contributed by atoms with Crippen LogP contribution in [0.3, 0.4) is 0 Å². The largest absolute Gasteiger partial charge is 0.416 e. The van der Waals surface area contributed by atoms with Crippen LogP contribution >= 0.6 is 0 Å². The maximum Gasteiger partial charge on any atom is 0.416 e. The van der Waals surface area contributed by atoms with Gasteiger partial charge in [0.1, 0.15) is 5.82 Å². The van der Waals surface area contributed by atoms with Gasteiger partial charge in [-0.05, 0) is 68.8 Å². The monoisotopic (exact) mass is 534 g/mol. The number of aromatic nitrogens is 4. The number of nitrogens with zero attached hydrogens (tertiary/aromatic N) is 4. The highest BCUT2D eigenvalue weighted by atomic mass is 32.2. The fraction of sp³-hybridized carbons (Fsp3) is 0.208. The van der Waals surface area contributed by atoms with Gasteiger partial charge in [-0.3, -0.25) is 9.40 Å². The second-order valence-corrected chi connectivity index (χ2v) is 10.2. The summed E-state index contributed by atoms with van der Waals surface area (Å²) in [5.41, 5.74) is 1.12. The molecule has 13 heteroatoms. The van der Waals surface area contributed by atoms with Crippen molar-refractivity contribution in [1.82, 2.24) is 19.7 Å². The number of anilines is 3. The molecule has 194 valence electrons. The molecule has 8 nitrogen and oxygen atoms in total.